The van der Waals surface area contributed by atoms with Gasteiger partial charge in [-0.05, 0) is 32.7 Å². The number of hydrogen-bond acceptors (Lipinski definition) is 4. The van der Waals surface area contributed by atoms with Gasteiger partial charge in [0.25, 0.3) is 0 Å². The first-order valence-corrected chi connectivity index (χ1v) is 8.30. The molecule has 0 spiro atoms. The molecule has 3 fully saturated rings. The van der Waals surface area contributed by atoms with Crippen LogP contribution in [0.5, 0.6) is 0 Å². The third kappa shape index (κ3) is 2.37. The summed E-state index contributed by atoms with van der Waals surface area (Å²) in [5, 5.41) is 12.2. The van der Waals surface area contributed by atoms with Crippen LogP contribution < -0.4 is 5.32 Å². The Labute approximate surface area is 122 Å². The fraction of sp³-hybridized carbons (Fsp3) is 0.846. The Hall–Kier alpha value is -0.950. The van der Waals surface area contributed by atoms with E-state index in [-0.39, 0.29) is 17.4 Å². The van der Waals surface area contributed by atoms with Gasteiger partial charge in [-0.25, -0.2) is 9.59 Å². The van der Waals surface area contributed by atoms with E-state index in [0.29, 0.717) is 11.8 Å². The van der Waals surface area contributed by atoms with E-state index in [4.69, 9.17) is 0 Å². The molecule has 2 N–H and O–H groups in total. The predicted octanol–water partition coefficient (Wildman–Crippen LogP) is 0.781. The van der Waals surface area contributed by atoms with Crippen LogP contribution in [0, 0.1) is 0 Å². The zero-order valence-corrected chi connectivity index (χ0v) is 12.4. The Bertz CT molecular complexity index is 420. The van der Waals surface area contributed by atoms with E-state index in [1.807, 2.05) is 6.92 Å². The molecule has 3 aliphatic rings. The van der Waals surface area contributed by atoms with E-state index in [9.17, 15) is 14.7 Å². The summed E-state index contributed by atoms with van der Waals surface area (Å²) in [5.41, 5.74) is 0. The zero-order chi connectivity index (χ0) is 14.3. The molecule has 4 atom stereocenters. The number of amides is 2. The van der Waals surface area contributed by atoms with E-state index in [2.05, 4.69) is 10.2 Å². The van der Waals surface area contributed by atoms with Crippen LogP contribution in [0.4, 0.5) is 4.79 Å². The minimum atomic E-state index is -0.911. The maximum Gasteiger partial charge on any atom is 0.327 e. The molecule has 0 aromatic rings. The Morgan fingerprint density at radius 1 is 1.30 bits per heavy atom. The molecule has 20 heavy (non-hydrogen) atoms. The Kier molecular flexibility index (Phi) is 3.81. The van der Waals surface area contributed by atoms with Gasteiger partial charge in [-0.15, -0.1) is 11.8 Å². The van der Waals surface area contributed by atoms with E-state index >= 15 is 0 Å². The molecule has 6 nitrogen and oxygen atoms in total. The van der Waals surface area contributed by atoms with Crippen molar-refractivity contribution in [3.63, 3.8) is 0 Å². The van der Waals surface area contributed by atoms with Crippen molar-refractivity contribution in [2.45, 2.75) is 49.7 Å². The quantitative estimate of drug-likeness (QED) is 0.788. The standard InChI is InChI=1S/C13H21N3O3S/c1-8-16(11(7-20-8)12(17)18)13(19)14-9-4-6-15-5-2-3-10(9)15/h8-11H,2-7H2,1H3,(H,14,19)(H,17,18). The van der Waals surface area contributed by atoms with Crippen molar-refractivity contribution in [2.24, 2.45) is 0 Å². The molecular formula is C13H21N3O3S. The number of rotatable bonds is 2. The summed E-state index contributed by atoms with van der Waals surface area (Å²) in [5.74, 6) is -0.435. The van der Waals surface area contributed by atoms with Crippen LogP contribution >= 0.6 is 11.8 Å². The summed E-state index contributed by atoms with van der Waals surface area (Å²) in [6.45, 7) is 4.07. The third-order valence-electron chi connectivity index (χ3n) is 4.66. The molecule has 3 rings (SSSR count). The molecule has 0 aliphatic carbocycles. The Morgan fingerprint density at radius 2 is 2.10 bits per heavy atom. The van der Waals surface area contributed by atoms with Gasteiger partial charge in [-0.3, -0.25) is 9.80 Å². The van der Waals surface area contributed by atoms with E-state index in [1.165, 1.54) is 23.1 Å². The largest absolute Gasteiger partial charge is 0.480 e. The highest BCUT2D eigenvalue weighted by molar-refractivity contribution is 8.00. The molecule has 0 saturated carbocycles. The smallest absolute Gasteiger partial charge is 0.327 e. The lowest BCUT2D eigenvalue weighted by atomic mass is 10.1. The van der Waals surface area contributed by atoms with Crippen LogP contribution in [0.1, 0.15) is 26.2 Å². The average molecular weight is 299 g/mol. The number of carbonyl (C=O) groups excluding carboxylic acids is 1. The first kappa shape index (κ1) is 14.0. The maximum absolute atomic E-state index is 12.4. The number of hydrogen-bond donors (Lipinski definition) is 2. The van der Waals surface area contributed by atoms with Gasteiger partial charge in [0.05, 0.1) is 5.37 Å². The lowest BCUT2D eigenvalue weighted by Crippen LogP contribution is -2.53. The van der Waals surface area contributed by atoms with Gasteiger partial charge in [0.15, 0.2) is 0 Å². The number of aliphatic carboxylic acids is 1. The summed E-state index contributed by atoms with van der Waals surface area (Å²) in [6.07, 6.45) is 3.31. The number of nitrogens with zero attached hydrogens (tertiary/aromatic N) is 2. The van der Waals surface area contributed by atoms with Gasteiger partial charge in [0.2, 0.25) is 0 Å². The second-order valence-electron chi connectivity index (χ2n) is 5.78. The van der Waals surface area contributed by atoms with E-state index in [0.717, 1.165) is 25.9 Å². The van der Waals surface area contributed by atoms with Crippen LogP contribution in [0.2, 0.25) is 0 Å². The first-order chi connectivity index (χ1) is 9.58. The molecule has 4 unspecified atom stereocenters. The van der Waals surface area contributed by atoms with E-state index < -0.39 is 12.0 Å². The second-order valence-corrected chi connectivity index (χ2v) is 7.13. The molecule has 7 heteroatoms. The van der Waals surface area contributed by atoms with Crippen molar-refractivity contribution < 1.29 is 14.7 Å². The van der Waals surface area contributed by atoms with Crippen LogP contribution in [0.3, 0.4) is 0 Å². The molecule has 112 valence electrons. The topological polar surface area (TPSA) is 72.9 Å². The average Bonchev–Trinajstić information content (AvgIpc) is 3.05. The zero-order valence-electron chi connectivity index (χ0n) is 11.6. The molecule has 0 aromatic carbocycles. The predicted molar refractivity (Wildman–Crippen MR) is 76.7 cm³/mol. The molecule has 3 aliphatic heterocycles. The van der Waals surface area contributed by atoms with Crippen LogP contribution in [-0.4, -0.2) is 69.2 Å². The number of nitrogens with one attached hydrogen (secondary N) is 1. The fourth-order valence-corrected chi connectivity index (χ4v) is 4.79. The minimum absolute atomic E-state index is 0.0721. The highest BCUT2D eigenvalue weighted by Crippen LogP contribution is 2.31. The van der Waals surface area contributed by atoms with Crippen LogP contribution in [-0.2, 0) is 4.79 Å². The van der Waals surface area contributed by atoms with Crippen molar-refractivity contribution in [1.82, 2.24) is 15.1 Å². The molecule has 2 amide bonds. The van der Waals surface area contributed by atoms with Crippen molar-refractivity contribution >= 4 is 23.8 Å². The molecular weight excluding hydrogens is 278 g/mol. The maximum atomic E-state index is 12.4. The number of thioether (sulfide) groups is 1. The highest BCUT2D eigenvalue weighted by atomic mass is 32.2. The summed E-state index contributed by atoms with van der Waals surface area (Å²) in [7, 11) is 0. The van der Waals surface area contributed by atoms with E-state index in [1.54, 1.807) is 0 Å². The molecule has 0 bridgehead atoms. The number of carbonyl (C=O) groups is 2. The van der Waals surface area contributed by atoms with Gasteiger partial charge in [-0.1, -0.05) is 0 Å². The summed E-state index contributed by atoms with van der Waals surface area (Å²) in [4.78, 5) is 27.6. The molecule has 3 saturated heterocycles. The van der Waals surface area contributed by atoms with Gasteiger partial charge < -0.3 is 10.4 Å². The summed E-state index contributed by atoms with van der Waals surface area (Å²) >= 11 is 1.52. The first-order valence-electron chi connectivity index (χ1n) is 7.25. The van der Waals surface area contributed by atoms with Gasteiger partial charge >= 0.3 is 12.0 Å². The normalized spacial score (nSPS) is 37.1. The van der Waals surface area contributed by atoms with Gasteiger partial charge in [0.1, 0.15) is 6.04 Å². The molecule has 0 aromatic heterocycles. The summed E-state index contributed by atoms with van der Waals surface area (Å²) < 4.78 is 0. The highest BCUT2D eigenvalue weighted by Gasteiger charge is 2.43. The number of carboxylic acids is 1. The van der Waals surface area contributed by atoms with Crippen molar-refractivity contribution in [3.8, 4) is 0 Å². The molecule has 0 radical (unpaired) electrons. The number of carboxylic acid groups (broad SMARTS) is 1. The van der Waals surface area contributed by atoms with Crippen LogP contribution in [0.15, 0.2) is 0 Å². The Morgan fingerprint density at radius 3 is 2.85 bits per heavy atom. The van der Waals surface area contributed by atoms with Gasteiger partial charge in [0, 0.05) is 24.4 Å². The van der Waals surface area contributed by atoms with Crippen molar-refractivity contribution in [1.29, 1.82) is 0 Å². The number of fused-ring (bicyclic) bond motifs is 1. The lowest BCUT2D eigenvalue weighted by Gasteiger charge is -2.29. The monoisotopic (exact) mass is 299 g/mol. The van der Waals surface area contributed by atoms with Crippen molar-refractivity contribution in [2.75, 3.05) is 18.8 Å². The lowest BCUT2D eigenvalue weighted by molar-refractivity contribution is -0.141. The van der Waals surface area contributed by atoms with Crippen LogP contribution in [0.25, 0.3) is 0 Å². The molecule has 3 heterocycles. The van der Waals surface area contributed by atoms with Gasteiger partial charge in [-0.2, -0.15) is 0 Å². The fourth-order valence-electron chi connectivity index (χ4n) is 3.63. The summed E-state index contributed by atoms with van der Waals surface area (Å²) in [6, 6.07) is -0.283. The second kappa shape index (κ2) is 5.44. The van der Waals surface area contributed by atoms with Crippen molar-refractivity contribution in [3.05, 3.63) is 0 Å². The number of urea groups is 1. The Balaban J connectivity index is 1.65. The third-order valence-corrected chi connectivity index (χ3v) is 5.87. The minimum Gasteiger partial charge on any atom is -0.480 e. The SMILES string of the molecule is CC1SCC(C(=O)O)N1C(=O)NC1CCN2CCCC12.